The van der Waals surface area contributed by atoms with Crippen molar-refractivity contribution >= 4 is 5.91 Å². The van der Waals surface area contributed by atoms with Crippen molar-refractivity contribution in [1.29, 1.82) is 0 Å². The molecule has 162 valence electrons. The molecule has 0 radical (unpaired) electrons. The van der Waals surface area contributed by atoms with Crippen LogP contribution in [0, 0.1) is 13.8 Å². The number of unbranched alkanes of at least 4 members (excludes halogenated alkanes) is 2. The molecule has 1 aromatic heterocycles. The normalized spacial score (nSPS) is 15.5. The van der Waals surface area contributed by atoms with Gasteiger partial charge in [0.15, 0.2) is 0 Å². The fourth-order valence-corrected chi connectivity index (χ4v) is 4.59. The molecule has 0 bridgehead atoms. The number of carbonyl (C=O) groups is 1. The zero-order chi connectivity index (χ0) is 22.1. The summed E-state index contributed by atoms with van der Waals surface area (Å²) in [5.41, 5.74) is 6.94. The Labute approximate surface area is 184 Å². The lowest BCUT2D eigenvalue weighted by atomic mass is 9.93. The molecule has 0 aliphatic carbocycles. The van der Waals surface area contributed by atoms with Gasteiger partial charge in [-0.05, 0) is 55.0 Å². The van der Waals surface area contributed by atoms with E-state index in [4.69, 9.17) is 0 Å². The average Bonchev–Trinajstić information content (AvgIpc) is 3.30. The average molecular weight is 418 g/mol. The molecular weight excluding hydrogens is 386 g/mol. The number of amides is 1. The van der Waals surface area contributed by atoms with Gasteiger partial charge in [0.1, 0.15) is 17.1 Å². The molecule has 4 rings (SSSR count). The van der Waals surface area contributed by atoms with Gasteiger partial charge < -0.3 is 10.0 Å². The van der Waals surface area contributed by atoms with Crippen LogP contribution < -0.4 is 0 Å². The van der Waals surface area contributed by atoms with E-state index >= 15 is 0 Å². The lowest BCUT2D eigenvalue weighted by Crippen LogP contribution is -2.30. The van der Waals surface area contributed by atoms with E-state index in [2.05, 4.69) is 48.3 Å². The summed E-state index contributed by atoms with van der Waals surface area (Å²) in [6.07, 6.45) is 4.13. The van der Waals surface area contributed by atoms with Crippen LogP contribution in [0.3, 0.4) is 0 Å². The molecule has 0 fully saturated rings. The highest BCUT2D eigenvalue weighted by Gasteiger charge is 2.42. The molecule has 1 aliphatic rings. The van der Waals surface area contributed by atoms with Crippen LogP contribution in [0.2, 0.25) is 0 Å². The Morgan fingerprint density at radius 2 is 1.84 bits per heavy atom. The number of aromatic nitrogens is 2. The van der Waals surface area contributed by atoms with Crippen LogP contribution in [0.5, 0.6) is 5.75 Å². The number of H-pyrrole nitrogens is 1. The predicted octanol–water partition coefficient (Wildman–Crippen LogP) is 5.70. The molecule has 5 nitrogen and oxygen atoms in total. The zero-order valence-corrected chi connectivity index (χ0v) is 18.8. The lowest BCUT2D eigenvalue weighted by Gasteiger charge is -2.26. The minimum absolute atomic E-state index is 0.0155. The molecule has 1 atom stereocenters. The summed E-state index contributed by atoms with van der Waals surface area (Å²) in [5.74, 6) is 0.204. The number of aryl methyl sites for hydroxylation is 3. The van der Waals surface area contributed by atoms with Gasteiger partial charge >= 0.3 is 0 Å². The van der Waals surface area contributed by atoms with Crippen molar-refractivity contribution in [2.24, 2.45) is 0 Å². The van der Waals surface area contributed by atoms with E-state index in [1.165, 1.54) is 5.56 Å². The zero-order valence-electron chi connectivity index (χ0n) is 18.8. The molecule has 1 amide bonds. The Balaban J connectivity index is 1.86. The van der Waals surface area contributed by atoms with Crippen molar-refractivity contribution in [3.05, 3.63) is 69.9 Å². The maximum atomic E-state index is 13.4. The molecule has 2 N–H and O–H groups in total. The maximum absolute atomic E-state index is 13.4. The first-order chi connectivity index (χ1) is 15.0. The number of fused-ring (bicyclic) bond motifs is 1. The lowest BCUT2D eigenvalue weighted by molar-refractivity contribution is 0.0740. The molecule has 0 saturated heterocycles. The van der Waals surface area contributed by atoms with Gasteiger partial charge in [0.2, 0.25) is 0 Å². The highest BCUT2D eigenvalue weighted by Crippen LogP contribution is 2.45. The van der Waals surface area contributed by atoms with Crippen molar-refractivity contribution in [1.82, 2.24) is 15.1 Å². The van der Waals surface area contributed by atoms with E-state index in [-0.39, 0.29) is 17.7 Å². The van der Waals surface area contributed by atoms with Crippen LogP contribution in [0.4, 0.5) is 0 Å². The van der Waals surface area contributed by atoms with Crippen LogP contribution in [-0.2, 0) is 6.42 Å². The standard InChI is InChI=1S/C26H31N3O2/c1-5-7-8-13-29-24(19-11-9-18(6-2)10-12-19)21-22(27-28-23(21)26(29)31)20-15-16(3)14-17(4)25(20)30/h9-12,14-15,24,30H,5-8,13H2,1-4H3,(H,27,28). The van der Waals surface area contributed by atoms with Crippen molar-refractivity contribution in [3.8, 4) is 17.0 Å². The Kier molecular flexibility index (Phi) is 5.86. The first-order valence-electron chi connectivity index (χ1n) is 11.2. The number of carbonyl (C=O) groups excluding carboxylic acids is 1. The molecule has 1 unspecified atom stereocenters. The largest absolute Gasteiger partial charge is 0.507 e. The molecule has 2 aromatic carbocycles. The molecule has 1 aliphatic heterocycles. The van der Waals surface area contributed by atoms with Gasteiger partial charge in [0.25, 0.3) is 5.91 Å². The molecule has 3 aromatic rings. The second-order valence-electron chi connectivity index (χ2n) is 8.54. The topological polar surface area (TPSA) is 69.2 Å². The SMILES string of the molecule is CCCCCN1C(=O)c2[nH]nc(-c3cc(C)cc(C)c3O)c2C1c1ccc(CC)cc1. The van der Waals surface area contributed by atoms with Gasteiger partial charge in [-0.3, -0.25) is 9.89 Å². The maximum Gasteiger partial charge on any atom is 0.273 e. The van der Waals surface area contributed by atoms with Crippen molar-refractivity contribution in [3.63, 3.8) is 0 Å². The summed E-state index contributed by atoms with van der Waals surface area (Å²) in [5, 5.41) is 18.3. The highest BCUT2D eigenvalue weighted by molar-refractivity contribution is 6.00. The summed E-state index contributed by atoms with van der Waals surface area (Å²) in [6, 6.07) is 12.2. The number of aromatic amines is 1. The fraction of sp³-hybridized carbons (Fsp3) is 0.385. The van der Waals surface area contributed by atoms with Crippen LogP contribution in [0.25, 0.3) is 11.3 Å². The summed E-state index contributed by atoms with van der Waals surface area (Å²) in [7, 11) is 0. The molecule has 2 heterocycles. The van der Waals surface area contributed by atoms with Crippen molar-refractivity contribution < 1.29 is 9.90 Å². The smallest absolute Gasteiger partial charge is 0.273 e. The number of rotatable bonds is 7. The van der Waals surface area contributed by atoms with Crippen molar-refractivity contribution in [2.75, 3.05) is 6.54 Å². The Morgan fingerprint density at radius 3 is 2.52 bits per heavy atom. The Morgan fingerprint density at radius 1 is 1.10 bits per heavy atom. The monoisotopic (exact) mass is 417 g/mol. The number of nitrogens with one attached hydrogen (secondary N) is 1. The van der Waals surface area contributed by atoms with E-state index < -0.39 is 0 Å². The number of hydrogen-bond acceptors (Lipinski definition) is 3. The molecule has 0 spiro atoms. The quantitative estimate of drug-likeness (QED) is 0.485. The summed E-state index contributed by atoms with van der Waals surface area (Å²) in [4.78, 5) is 15.3. The minimum atomic E-state index is -0.209. The molecule has 31 heavy (non-hydrogen) atoms. The Hall–Kier alpha value is -3.08. The number of hydrogen-bond donors (Lipinski definition) is 2. The predicted molar refractivity (Wildman–Crippen MR) is 123 cm³/mol. The number of phenols is 1. The van der Waals surface area contributed by atoms with Gasteiger partial charge in [-0.1, -0.05) is 57.0 Å². The number of phenolic OH excluding ortho intramolecular Hbond substituents is 1. The van der Waals surface area contributed by atoms with E-state index in [0.29, 0.717) is 23.5 Å². The van der Waals surface area contributed by atoms with Gasteiger partial charge in [-0.25, -0.2) is 0 Å². The molecular formula is C26H31N3O2. The van der Waals surface area contributed by atoms with Crippen molar-refractivity contribution in [2.45, 2.75) is 59.4 Å². The van der Waals surface area contributed by atoms with Crippen LogP contribution in [0.15, 0.2) is 36.4 Å². The van der Waals surface area contributed by atoms with Crippen LogP contribution >= 0.6 is 0 Å². The second kappa shape index (κ2) is 8.58. The van der Waals surface area contributed by atoms with Gasteiger partial charge in [-0.2, -0.15) is 5.10 Å². The second-order valence-corrected chi connectivity index (χ2v) is 8.54. The third kappa shape index (κ3) is 3.73. The van der Waals surface area contributed by atoms with Gasteiger partial charge in [0.05, 0.1) is 6.04 Å². The third-order valence-electron chi connectivity index (χ3n) is 6.27. The third-order valence-corrected chi connectivity index (χ3v) is 6.27. The van der Waals surface area contributed by atoms with Gasteiger partial charge in [-0.15, -0.1) is 0 Å². The summed E-state index contributed by atoms with van der Waals surface area (Å²) < 4.78 is 0. The first kappa shape index (κ1) is 21.2. The molecule has 5 heteroatoms. The van der Waals surface area contributed by atoms with Gasteiger partial charge in [0, 0.05) is 17.7 Å². The van der Waals surface area contributed by atoms with E-state index in [1.807, 2.05) is 30.9 Å². The highest BCUT2D eigenvalue weighted by atomic mass is 16.3. The van der Waals surface area contributed by atoms with Crippen LogP contribution in [-0.4, -0.2) is 32.7 Å². The van der Waals surface area contributed by atoms with E-state index in [0.717, 1.165) is 47.9 Å². The number of aromatic hydroxyl groups is 1. The fourth-order valence-electron chi connectivity index (χ4n) is 4.59. The Bertz CT molecular complexity index is 1100. The van der Waals surface area contributed by atoms with E-state index in [9.17, 15) is 9.90 Å². The first-order valence-corrected chi connectivity index (χ1v) is 11.2. The minimum Gasteiger partial charge on any atom is -0.507 e. The molecule has 0 saturated carbocycles. The summed E-state index contributed by atoms with van der Waals surface area (Å²) >= 11 is 0. The van der Waals surface area contributed by atoms with E-state index in [1.54, 1.807) is 0 Å². The summed E-state index contributed by atoms with van der Waals surface area (Å²) in [6.45, 7) is 8.90. The number of benzene rings is 2. The van der Waals surface area contributed by atoms with Crippen LogP contribution in [0.1, 0.15) is 77.5 Å². The number of nitrogens with zero attached hydrogens (tertiary/aromatic N) is 2.